The zero-order valence-corrected chi connectivity index (χ0v) is 6.96. The van der Waals surface area contributed by atoms with Crippen LogP contribution < -0.4 is 0 Å². The Kier molecular flexibility index (Phi) is 1.97. The van der Waals surface area contributed by atoms with E-state index in [4.69, 9.17) is 0 Å². The van der Waals surface area contributed by atoms with Crippen molar-refractivity contribution in [2.75, 3.05) is 0 Å². The first-order valence-corrected chi connectivity index (χ1v) is 4.87. The van der Waals surface area contributed by atoms with Gasteiger partial charge in [0.1, 0.15) is 6.29 Å². The summed E-state index contributed by atoms with van der Waals surface area (Å²) >= 11 is 0. The van der Waals surface area contributed by atoms with Gasteiger partial charge in [0.2, 0.25) is 0 Å². The second kappa shape index (κ2) is 2.96. The fourth-order valence-corrected chi connectivity index (χ4v) is 2.26. The number of rotatable bonds is 3. The van der Waals surface area contributed by atoms with E-state index in [0.29, 0.717) is 5.92 Å². The average molecular weight is 152 g/mol. The van der Waals surface area contributed by atoms with Crippen LogP contribution in [0.3, 0.4) is 0 Å². The SMILES string of the molecule is O=CC(C1CCC1)C1CCC1. The minimum absolute atomic E-state index is 0.442. The molecule has 2 aliphatic carbocycles. The molecule has 0 saturated heterocycles. The number of aldehydes is 1. The molecular formula is C10H16O. The van der Waals surface area contributed by atoms with Crippen LogP contribution in [-0.4, -0.2) is 6.29 Å². The third-order valence-corrected chi connectivity index (χ3v) is 3.55. The quantitative estimate of drug-likeness (QED) is 0.567. The molecule has 0 aliphatic heterocycles. The summed E-state index contributed by atoms with van der Waals surface area (Å²) in [6, 6.07) is 0. The first-order valence-electron chi connectivity index (χ1n) is 4.87. The molecule has 0 N–H and O–H groups in total. The lowest BCUT2D eigenvalue weighted by molar-refractivity contribution is -0.116. The standard InChI is InChI=1S/C10H16O/c11-7-10(8-3-1-4-8)9-5-2-6-9/h7-10H,1-6H2. The van der Waals surface area contributed by atoms with Gasteiger partial charge in [-0.25, -0.2) is 0 Å². The Balaban J connectivity index is 1.88. The monoisotopic (exact) mass is 152 g/mol. The van der Waals surface area contributed by atoms with E-state index in [1.807, 2.05) is 0 Å². The number of hydrogen-bond acceptors (Lipinski definition) is 1. The summed E-state index contributed by atoms with van der Waals surface area (Å²) in [5.74, 6) is 1.99. The van der Waals surface area contributed by atoms with Crippen LogP contribution in [0.1, 0.15) is 38.5 Å². The van der Waals surface area contributed by atoms with Crippen LogP contribution in [0.25, 0.3) is 0 Å². The molecule has 62 valence electrons. The molecule has 0 unspecified atom stereocenters. The predicted molar refractivity (Wildman–Crippen MR) is 44.2 cm³/mol. The third kappa shape index (κ3) is 1.21. The van der Waals surface area contributed by atoms with Crippen LogP contribution in [0, 0.1) is 17.8 Å². The zero-order valence-electron chi connectivity index (χ0n) is 6.96. The first-order chi connectivity index (χ1) is 5.42. The van der Waals surface area contributed by atoms with Crippen molar-refractivity contribution >= 4 is 6.29 Å². The molecule has 1 heteroatoms. The van der Waals surface area contributed by atoms with E-state index in [1.54, 1.807) is 0 Å². The van der Waals surface area contributed by atoms with Crippen LogP contribution in [0.5, 0.6) is 0 Å². The van der Waals surface area contributed by atoms with Gasteiger partial charge in [0.25, 0.3) is 0 Å². The van der Waals surface area contributed by atoms with E-state index in [-0.39, 0.29) is 0 Å². The van der Waals surface area contributed by atoms with Crippen LogP contribution in [-0.2, 0) is 4.79 Å². The fourth-order valence-electron chi connectivity index (χ4n) is 2.26. The molecule has 0 heterocycles. The Morgan fingerprint density at radius 1 is 1.00 bits per heavy atom. The molecule has 2 aliphatic rings. The molecule has 2 saturated carbocycles. The Morgan fingerprint density at radius 2 is 1.45 bits per heavy atom. The average Bonchev–Trinajstić information content (AvgIpc) is 1.78. The minimum atomic E-state index is 0.442. The molecule has 0 atom stereocenters. The summed E-state index contributed by atoms with van der Waals surface area (Å²) in [7, 11) is 0. The smallest absolute Gasteiger partial charge is 0.123 e. The van der Waals surface area contributed by atoms with Gasteiger partial charge in [-0.3, -0.25) is 0 Å². The van der Waals surface area contributed by atoms with Crippen molar-refractivity contribution in [3.05, 3.63) is 0 Å². The summed E-state index contributed by atoms with van der Waals surface area (Å²) in [6.45, 7) is 0. The maximum Gasteiger partial charge on any atom is 0.123 e. The van der Waals surface area contributed by atoms with Crippen molar-refractivity contribution in [3.8, 4) is 0 Å². The zero-order chi connectivity index (χ0) is 7.68. The van der Waals surface area contributed by atoms with E-state index in [1.165, 1.54) is 44.8 Å². The maximum absolute atomic E-state index is 10.8. The van der Waals surface area contributed by atoms with E-state index >= 15 is 0 Å². The van der Waals surface area contributed by atoms with Crippen molar-refractivity contribution in [2.45, 2.75) is 38.5 Å². The van der Waals surface area contributed by atoms with E-state index in [0.717, 1.165) is 11.8 Å². The number of carbonyl (C=O) groups is 1. The van der Waals surface area contributed by atoms with Crippen LogP contribution >= 0.6 is 0 Å². The van der Waals surface area contributed by atoms with Crippen molar-refractivity contribution in [1.29, 1.82) is 0 Å². The fraction of sp³-hybridized carbons (Fsp3) is 0.900. The second-order valence-electron chi connectivity index (χ2n) is 4.10. The second-order valence-corrected chi connectivity index (χ2v) is 4.10. The molecule has 0 spiro atoms. The van der Waals surface area contributed by atoms with Crippen LogP contribution in [0.4, 0.5) is 0 Å². The summed E-state index contributed by atoms with van der Waals surface area (Å²) in [4.78, 5) is 10.8. The highest BCUT2D eigenvalue weighted by molar-refractivity contribution is 5.55. The van der Waals surface area contributed by atoms with Gasteiger partial charge in [-0.2, -0.15) is 0 Å². The molecule has 0 aromatic rings. The predicted octanol–water partition coefficient (Wildman–Crippen LogP) is 2.40. The van der Waals surface area contributed by atoms with Gasteiger partial charge in [0.15, 0.2) is 0 Å². The lowest BCUT2D eigenvalue weighted by Crippen LogP contribution is -2.33. The van der Waals surface area contributed by atoms with Gasteiger partial charge in [-0.15, -0.1) is 0 Å². The van der Waals surface area contributed by atoms with Crippen molar-refractivity contribution in [2.24, 2.45) is 17.8 Å². The topological polar surface area (TPSA) is 17.1 Å². The van der Waals surface area contributed by atoms with Crippen molar-refractivity contribution in [1.82, 2.24) is 0 Å². The van der Waals surface area contributed by atoms with Crippen molar-refractivity contribution < 1.29 is 4.79 Å². The van der Waals surface area contributed by atoms with E-state index in [9.17, 15) is 4.79 Å². The van der Waals surface area contributed by atoms with Gasteiger partial charge >= 0.3 is 0 Å². The number of carbonyl (C=O) groups excluding carboxylic acids is 1. The molecule has 2 rings (SSSR count). The molecular weight excluding hydrogens is 136 g/mol. The number of hydrogen-bond donors (Lipinski definition) is 0. The highest BCUT2D eigenvalue weighted by atomic mass is 16.1. The highest BCUT2D eigenvalue weighted by Gasteiger charge is 2.35. The van der Waals surface area contributed by atoms with E-state index in [2.05, 4.69) is 0 Å². The lowest BCUT2D eigenvalue weighted by Gasteiger charge is -2.39. The summed E-state index contributed by atoms with van der Waals surface area (Å²) in [6.07, 6.45) is 9.23. The lowest BCUT2D eigenvalue weighted by atomic mass is 9.65. The van der Waals surface area contributed by atoms with Gasteiger partial charge < -0.3 is 4.79 Å². The molecule has 2 fully saturated rings. The van der Waals surface area contributed by atoms with E-state index < -0.39 is 0 Å². The summed E-state index contributed by atoms with van der Waals surface area (Å²) < 4.78 is 0. The highest BCUT2D eigenvalue weighted by Crippen LogP contribution is 2.43. The van der Waals surface area contributed by atoms with Gasteiger partial charge in [0.05, 0.1) is 0 Å². The Hall–Kier alpha value is -0.330. The van der Waals surface area contributed by atoms with Crippen molar-refractivity contribution in [3.63, 3.8) is 0 Å². The Morgan fingerprint density at radius 3 is 1.64 bits per heavy atom. The Labute approximate surface area is 68.2 Å². The Bertz CT molecular complexity index is 131. The van der Waals surface area contributed by atoms with Crippen LogP contribution in [0.2, 0.25) is 0 Å². The third-order valence-electron chi connectivity index (χ3n) is 3.55. The normalized spacial score (nSPS) is 26.3. The van der Waals surface area contributed by atoms with Gasteiger partial charge in [-0.1, -0.05) is 12.8 Å². The van der Waals surface area contributed by atoms with Gasteiger partial charge in [-0.05, 0) is 37.5 Å². The molecule has 11 heavy (non-hydrogen) atoms. The largest absolute Gasteiger partial charge is 0.303 e. The molecule has 0 amide bonds. The summed E-state index contributed by atoms with van der Waals surface area (Å²) in [5.41, 5.74) is 0. The van der Waals surface area contributed by atoms with Gasteiger partial charge in [0, 0.05) is 5.92 Å². The first kappa shape index (κ1) is 7.33. The maximum atomic E-state index is 10.8. The molecule has 0 radical (unpaired) electrons. The molecule has 0 aromatic carbocycles. The minimum Gasteiger partial charge on any atom is -0.303 e. The van der Waals surface area contributed by atoms with Crippen LogP contribution in [0.15, 0.2) is 0 Å². The molecule has 0 bridgehead atoms. The molecule has 1 nitrogen and oxygen atoms in total. The summed E-state index contributed by atoms with van der Waals surface area (Å²) in [5, 5.41) is 0. The molecule has 0 aromatic heterocycles.